The zero-order valence-electron chi connectivity index (χ0n) is 11.2. The lowest BCUT2D eigenvalue weighted by Gasteiger charge is -2.15. The lowest BCUT2D eigenvalue weighted by Crippen LogP contribution is -2.00. The molecule has 92 valence electrons. The largest absolute Gasteiger partial charge is 0.490 e. The fourth-order valence-electron chi connectivity index (χ4n) is 2.45. The first-order valence-electron chi connectivity index (χ1n) is 6.54. The van der Waals surface area contributed by atoms with Gasteiger partial charge in [-0.25, -0.2) is 0 Å². The highest BCUT2D eigenvalue weighted by molar-refractivity contribution is 5.26. The molecule has 0 radical (unpaired) electrons. The molecule has 1 atom stereocenters. The van der Waals surface area contributed by atoms with Gasteiger partial charge in [0.15, 0.2) is 0 Å². The molecule has 0 fully saturated rings. The average molecular weight is 230 g/mol. The van der Waals surface area contributed by atoms with Crippen molar-refractivity contribution in [3.05, 3.63) is 47.2 Å². The Labute approximate surface area is 104 Å². The summed E-state index contributed by atoms with van der Waals surface area (Å²) < 4.78 is 6.16. The van der Waals surface area contributed by atoms with Crippen LogP contribution < -0.4 is 0 Å². The fourth-order valence-corrected chi connectivity index (χ4v) is 2.45. The predicted molar refractivity (Wildman–Crippen MR) is 71.6 cm³/mol. The van der Waals surface area contributed by atoms with Gasteiger partial charge in [0.05, 0.1) is 5.76 Å². The monoisotopic (exact) mass is 230 g/mol. The second kappa shape index (κ2) is 4.95. The van der Waals surface area contributed by atoms with Gasteiger partial charge < -0.3 is 4.74 Å². The smallest absolute Gasteiger partial charge is 0.127 e. The second-order valence-electron chi connectivity index (χ2n) is 5.42. The Bertz CT molecular complexity index is 381. The Balaban J connectivity index is 2.21. The van der Waals surface area contributed by atoms with E-state index in [-0.39, 0.29) is 6.10 Å². The number of hydrogen-bond acceptors (Lipinski definition) is 1. The van der Waals surface area contributed by atoms with Gasteiger partial charge in [0, 0.05) is 12.3 Å². The van der Waals surface area contributed by atoms with Gasteiger partial charge in [0.1, 0.15) is 6.10 Å². The van der Waals surface area contributed by atoms with Crippen LogP contribution >= 0.6 is 0 Å². The van der Waals surface area contributed by atoms with Crippen molar-refractivity contribution in [3.8, 4) is 0 Å². The van der Waals surface area contributed by atoms with E-state index in [0.717, 1.165) is 6.42 Å². The van der Waals surface area contributed by atoms with E-state index in [0.29, 0.717) is 11.8 Å². The molecular weight excluding hydrogens is 208 g/mol. The lowest BCUT2D eigenvalue weighted by atomic mass is 9.93. The van der Waals surface area contributed by atoms with E-state index >= 15 is 0 Å². The third-order valence-corrected chi connectivity index (χ3v) is 3.38. The molecule has 17 heavy (non-hydrogen) atoms. The molecule has 1 unspecified atom stereocenters. The number of rotatable bonds is 3. The zero-order chi connectivity index (χ0) is 12.4. The van der Waals surface area contributed by atoms with Crippen LogP contribution in [0, 0.1) is 11.8 Å². The van der Waals surface area contributed by atoms with E-state index in [1.54, 1.807) is 0 Å². The Morgan fingerprint density at radius 2 is 1.65 bits per heavy atom. The summed E-state index contributed by atoms with van der Waals surface area (Å²) in [6.45, 7) is 8.94. The van der Waals surface area contributed by atoms with Crippen LogP contribution in [0.3, 0.4) is 0 Å². The van der Waals surface area contributed by atoms with Crippen molar-refractivity contribution < 1.29 is 4.74 Å². The molecule has 0 spiro atoms. The van der Waals surface area contributed by atoms with Crippen molar-refractivity contribution >= 4 is 0 Å². The Morgan fingerprint density at radius 3 is 2.12 bits per heavy atom. The third-order valence-electron chi connectivity index (χ3n) is 3.38. The maximum absolute atomic E-state index is 6.16. The van der Waals surface area contributed by atoms with Crippen LogP contribution in [0.4, 0.5) is 0 Å². The Kier molecular flexibility index (Phi) is 3.56. The van der Waals surface area contributed by atoms with Crippen LogP contribution in [0.2, 0.25) is 0 Å². The normalized spacial score (nSPS) is 20.2. The van der Waals surface area contributed by atoms with Gasteiger partial charge in [-0.2, -0.15) is 0 Å². The molecule has 1 nitrogen and oxygen atoms in total. The van der Waals surface area contributed by atoms with Crippen molar-refractivity contribution in [3.63, 3.8) is 0 Å². The van der Waals surface area contributed by atoms with Crippen molar-refractivity contribution in [2.24, 2.45) is 11.8 Å². The summed E-state index contributed by atoms with van der Waals surface area (Å²) in [5.74, 6) is 2.29. The summed E-state index contributed by atoms with van der Waals surface area (Å²) in [7, 11) is 0. The molecule has 0 saturated heterocycles. The molecule has 1 aliphatic rings. The summed E-state index contributed by atoms with van der Waals surface area (Å²) >= 11 is 0. The third kappa shape index (κ3) is 2.54. The van der Waals surface area contributed by atoms with Crippen LogP contribution in [0.15, 0.2) is 41.7 Å². The first kappa shape index (κ1) is 12.2. The second-order valence-corrected chi connectivity index (χ2v) is 5.42. The van der Waals surface area contributed by atoms with E-state index in [1.807, 2.05) is 0 Å². The summed E-state index contributed by atoms with van der Waals surface area (Å²) in [4.78, 5) is 0. The molecule has 0 amide bonds. The zero-order valence-corrected chi connectivity index (χ0v) is 11.2. The van der Waals surface area contributed by atoms with Crippen LogP contribution in [-0.4, -0.2) is 0 Å². The van der Waals surface area contributed by atoms with Crippen molar-refractivity contribution in [1.82, 2.24) is 0 Å². The Morgan fingerprint density at radius 1 is 1.00 bits per heavy atom. The van der Waals surface area contributed by atoms with Crippen LogP contribution in [0.5, 0.6) is 0 Å². The molecule has 0 bridgehead atoms. The molecule has 1 aromatic rings. The molecule has 1 heteroatoms. The van der Waals surface area contributed by atoms with Gasteiger partial charge in [-0.3, -0.25) is 0 Å². The molecule has 0 saturated carbocycles. The van der Waals surface area contributed by atoms with Gasteiger partial charge >= 0.3 is 0 Å². The summed E-state index contributed by atoms with van der Waals surface area (Å²) in [5, 5.41) is 0. The average Bonchev–Trinajstić information content (AvgIpc) is 2.75. The number of allylic oxidation sites excluding steroid dienone is 1. The number of benzene rings is 1. The van der Waals surface area contributed by atoms with E-state index < -0.39 is 0 Å². The minimum Gasteiger partial charge on any atom is -0.490 e. The highest BCUT2D eigenvalue weighted by Crippen LogP contribution is 2.41. The van der Waals surface area contributed by atoms with E-state index in [9.17, 15) is 0 Å². The van der Waals surface area contributed by atoms with Crippen LogP contribution in [-0.2, 0) is 4.74 Å². The SMILES string of the molecule is CC(C)C1=C(C(C)C)OC(c2ccccc2)C1. The molecule has 1 heterocycles. The van der Waals surface area contributed by atoms with Gasteiger partial charge in [-0.05, 0) is 17.1 Å². The molecule has 0 aliphatic carbocycles. The predicted octanol–water partition coefficient (Wildman–Crippen LogP) is 4.71. The van der Waals surface area contributed by atoms with Gasteiger partial charge in [0.25, 0.3) is 0 Å². The highest BCUT2D eigenvalue weighted by atomic mass is 16.5. The van der Waals surface area contributed by atoms with Crippen LogP contribution in [0.25, 0.3) is 0 Å². The summed E-state index contributed by atoms with van der Waals surface area (Å²) in [6, 6.07) is 10.5. The van der Waals surface area contributed by atoms with Crippen molar-refractivity contribution in [2.75, 3.05) is 0 Å². The van der Waals surface area contributed by atoms with E-state index in [1.165, 1.54) is 16.9 Å². The Hall–Kier alpha value is -1.24. The van der Waals surface area contributed by atoms with Gasteiger partial charge in [-0.15, -0.1) is 0 Å². The molecule has 1 aromatic carbocycles. The first-order valence-corrected chi connectivity index (χ1v) is 6.54. The molecule has 0 aromatic heterocycles. The maximum atomic E-state index is 6.16. The molecule has 0 N–H and O–H groups in total. The van der Waals surface area contributed by atoms with Gasteiger partial charge in [0.2, 0.25) is 0 Å². The fraction of sp³-hybridized carbons (Fsp3) is 0.500. The topological polar surface area (TPSA) is 9.23 Å². The first-order chi connectivity index (χ1) is 8.09. The highest BCUT2D eigenvalue weighted by Gasteiger charge is 2.29. The lowest BCUT2D eigenvalue weighted by molar-refractivity contribution is 0.126. The minimum absolute atomic E-state index is 0.228. The molecule has 1 aliphatic heterocycles. The minimum atomic E-state index is 0.228. The number of ether oxygens (including phenoxy) is 1. The van der Waals surface area contributed by atoms with Crippen LogP contribution in [0.1, 0.15) is 45.8 Å². The standard InChI is InChI=1S/C16H22O/c1-11(2)14-10-15(17-16(14)12(3)4)13-8-6-5-7-9-13/h5-9,11-12,15H,10H2,1-4H3. The van der Waals surface area contributed by atoms with Gasteiger partial charge in [-0.1, -0.05) is 58.0 Å². The van der Waals surface area contributed by atoms with Crippen molar-refractivity contribution in [1.29, 1.82) is 0 Å². The summed E-state index contributed by atoms with van der Waals surface area (Å²) in [6.07, 6.45) is 1.28. The molecule has 2 rings (SSSR count). The quantitative estimate of drug-likeness (QED) is 0.730. The summed E-state index contributed by atoms with van der Waals surface area (Å²) in [5.41, 5.74) is 2.79. The van der Waals surface area contributed by atoms with E-state index in [4.69, 9.17) is 4.74 Å². The molecular formula is C16H22O. The number of hydrogen-bond donors (Lipinski definition) is 0. The van der Waals surface area contributed by atoms with E-state index in [2.05, 4.69) is 58.0 Å². The van der Waals surface area contributed by atoms with Crippen molar-refractivity contribution in [2.45, 2.75) is 40.2 Å². The maximum Gasteiger partial charge on any atom is 0.127 e.